The van der Waals surface area contributed by atoms with Crippen LogP contribution in [0.5, 0.6) is 11.5 Å². The summed E-state index contributed by atoms with van der Waals surface area (Å²) in [6, 6.07) is 5.57. The molecule has 2 aromatic rings. The number of nitrogens with zero attached hydrogens (tertiary/aromatic N) is 1. The molecule has 3 nitrogen and oxygen atoms in total. The lowest BCUT2D eigenvalue weighted by molar-refractivity contribution is -0.337. The van der Waals surface area contributed by atoms with Gasteiger partial charge >= 0.3 is 11.8 Å². The standard InChI is InChI=1S/C18H8F7NO2/c19-9-3-8(7-26)4-10(5-9)28-13-2-1-12-14-11(13)6-15(20,21)16(14,27)18(24,25)17(12,22)23/h1-5,27H,6H2. The minimum atomic E-state index is -5.46. The van der Waals surface area contributed by atoms with E-state index in [1.165, 1.54) is 0 Å². The van der Waals surface area contributed by atoms with Crippen molar-refractivity contribution in [2.24, 2.45) is 0 Å². The summed E-state index contributed by atoms with van der Waals surface area (Å²) < 4.78 is 104. The summed E-state index contributed by atoms with van der Waals surface area (Å²) in [5.74, 6) is -16.8. The minimum absolute atomic E-state index is 0.174. The second kappa shape index (κ2) is 5.17. The van der Waals surface area contributed by atoms with Gasteiger partial charge in [0.05, 0.1) is 11.6 Å². The highest BCUT2D eigenvalue weighted by Crippen LogP contribution is 2.69. The first-order valence-electron chi connectivity index (χ1n) is 7.78. The highest BCUT2D eigenvalue weighted by Gasteiger charge is 2.86. The molecular formula is C18H8F7NO2. The third kappa shape index (κ3) is 1.97. The molecule has 0 aromatic heterocycles. The molecule has 2 aliphatic carbocycles. The average Bonchev–Trinajstić information content (AvgIpc) is 2.89. The van der Waals surface area contributed by atoms with E-state index in [0.29, 0.717) is 6.07 Å². The van der Waals surface area contributed by atoms with Crippen LogP contribution in [-0.4, -0.2) is 17.0 Å². The van der Waals surface area contributed by atoms with E-state index in [4.69, 9.17) is 10.00 Å². The van der Waals surface area contributed by atoms with Crippen LogP contribution in [0, 0.1) is 17.1 Å². The van der Waals surface area contributed by atoms with Crippen molar-refractivity contribution in [3.05, 3.63) is 58.4 Å². The Hall–Kier alpha value is -2.80. The minimum Gasteiger partial charge on any atom is -0.457 e. The van der Waals surface area contributed by atoms with Crippen LogP contribution in [0.15, 0.2) is 30.3 Å². The average molecular weight is 403 g/mol. The maximum atomic E-state index is 14.3. The number of alkyl halides is 6. The summed E-state index contributed by atoms with van der Waals surface area (Å²) in [5, 5.41) is 18.9. The fourth-order valence-corrected chi connectivity index (χ4v) is 3.70. The molecule has 28 heavy (non-hydrogen) atoms. The Kier molecular flexibility index (Phi) is 3.43. The quantitative estimate of drug-likeness (QED) is 0.746. The Morgan fingerprint density at radius 1 is 1.04 bits per heavy atom. The van der Waals surface area contributed by atoms with Gasteiger partial charge in [-0.1, -0.05) is 0 Å². The van der Waals surface area contributed by atoms with Gasteiger partial charge in [0.25, 0.3) is 5.92 Å². The number of nitriles is 1. The molecule has 1 atom stereocenters. The molecule has 2 aliphatic rings. The van der Waals surface area contributed by atoms with Gasteiger partial charge in [-0.3, -0.25) is 0 Å². The Morgan fingerprint density at radius 3 is 2.36 bits per heavy atom. The van der Waals surface area contributed by atoms with Crippen molar-refractivity contribution in [3.8, 4) is 17.6 Å². The number of rotatable bonds is 2. The van der Waals surface area contributed by atoms with Crippen LogP contribution in [0.2, 0.25) is 0 Å². The second-order valence-electron chi connectivity index (χ2n) is 6.59. The van der Waals surface area contributed by atoms with E-state index >= 15 is 0 Å². The zero-order chi connectivity index (χ0) is 20.7. The van der Waals surface area contributed by atoms with Crippen molar-refractivity contribution in [1.82, 2.24) is 0 Å². The van der Waals surface area contributed by atoms with Crippen molar-refractivity contribution in [3.63, 3.8) is 0 Å². The molecule has 0 aliphatic heterocycles. The van der Waals surface area contributed by atoms with Gasteiger partial charge in [0.1, 0.15) is 17.3 Å². The summed E-state index contributed by atoms with van der Waals surface area (Å²) in [6.45, 7) is 0. The molecule has 0 radical (unpaired) electrons. The van der Waals surface area contributed by atoms with Gasteiger partial charge in [0.15, 0.2) is 0 Å². The van der Waals surface area contributed by atoms with Crippen LogP contribution in [0.25, 0.3) is 0 Å². The van der Waals surface area contributed by atoms with Crippen LogP contribution in [-0.2, 0) is 17.9 Å². The predicted octanol–water partition coefficient (Wildman–Crippen LogP) is 4.61. The fourth-order valence-electron chi connectivity index (χ4n) is 3.70. The predicted molar refractivity (Wildman–Crippen MR) is 79.0 cm³/mol. The number of halogens is 7. The molecular weight excluding hydrogens is 395 g/mol. The van der Waals surface area contributed by atoms with Gasteiger partial charge in [-0.25, -0.2) is 13.2 Å². The van der Waals surface area contributed by atoms with E-state index in [-0.39, 0.29) is 11.3 Å². The molecule has 0 spiro atoms. The number of hydrogen-bond acceptors (Lipinski definition) is 3. The molecule has 0 amide bonds. The molecule has 4 rings (SSSR count). The number of ether oxygens (including phenoxy) is 1. The first kappa shape index (κ1) is 18.6. The maximum absolute atomic E-state index is 14.3. The summed E-state index contributed by atoms with van der Waals surface area (Å²) >= 11 is 0. The van der Waals surface area contributed by atoms with E-state index in [1.54, 1.807) is 6.07 Å². The van der Waals surface area contributed by atoms with Crippen molar-refractivity contribution in [2.75, 3.05) is 0 Å². The van der Waals surface area contributed by atoms with E-state index in [2.05, 4.69) is 0 Å². The normalized spacial score (nSPS) is 25.2. The first-order valence-corrected chi connectivity index (χ1v) is 7.78. The molecule has 0 bridgehead atoms. The Labute approximate surface area is 152 Å². The lowest BCUT2D eigenvalue weighted by Gasteiger charge is -2.34. The molecule has 10 heteroatoms. The van der Waals surface area contributed by atoms with Crippen LogP contribution in [0.4, 0.5) is 30.7 Å². The third-order valence-corrected chi connectivity index (χ3v) is 4.98. The van der Waals surface area contributed by atoms with Gasteiger partial charge in [0.2, 0.25) is 5.60 Å². The lowest BCUT2D eigenvalue weighted by Crippen LogP contribution is -2.57. The Morgan fingerprint density at radius 2 is 1.71 bits per heavy atom. The fraction of sp³-hybridized carbons (Fsp3) is 0.278. The van der Waals surface area contributed by atoms with E-state index in [0.717, 1.165) is 24.3 Å². The molecule has 0 fully saturated rings. The monoisotopic (exact) mass is 403 g/mol. The maximum Gasteiger partial charge on any atom is 0.352 e. The van der Waals surface area contributed by atoms with E-state index in [9.17, 15) is 35.8 Å². The van der Waals surface area contributed by atoms with Crippen LogP contribution in [0.3, 0.4) is 0 Å². The zero-order valence-electron chi connectivity index (χ0n) is 13.5. The second-order valence-corrected chi connectivity index (χ2v) is 6.59. The molecule has 2 aromatic carbocycles. The SMILES string of the molecule is N#Cc1cc(F)cc(Oc2ccc3c4c2CC(F)(F)C4(O)C(F)(F)C3(F)F)c1. The lowest BCUT2D eigenvalue weighted by atomic mass is 9.91. The van der Waals surface area contributed by atoms with Crippen LogP contribution in [0.1, 0.15) is 22.3 Å². The highest BCUT2D eigenvalue weighted by atomic mass is 19.3. The summed E-state index contributed by atoms with van der Waals surface area (Å²) in [5.41, 5.74) is -8.02. The molecule has 0 saturated heterocycles. The first-order chi connectivity index (χ1) is 12.9. The number of hydrogen-bond donors (Lipinski definition) is 1. The summed E-state index contributed by atoms with van der Waals surface area (Å²) in [7, 11) is 0. The molecule has 0 heterocycles. The third-order valence-electron chi connectivity index (χ3n) is 4.98. The van der Waals surface area contributed by atoms with Crippen LogP contribution >= 0.6 is 0 Å². The smallest absolute Gasteiger partial charge is 0.352 e. The molecule has 1 N–H and O–H groups in total. The van der Waals surface area contributed by atoms with E-state index in [1.807, 2.05) is 0 Å². The van der Waals surface area contributed by atoms with Crippen molar-refractivity contribution >= 4 is 0 Å². The van der Waals surface area contributed by atoms with Gasteiger partial charge in [-0.2, -0.15) is 22.8 Å². The topological polar surface area (TPSA) is 53.2 Å². The molecule has 146 valence electrons. The largest absolute Gasteiger partial charge is 0.457 e. The van der Waals surface area contributed by atoms with Gasteiger partial charge in [-0.05, 0) is 24.3 Å². The van der Waals surface area contributed by atoms with Crippen molar-refractivity contribution < 1.29 is 40.6 Å². The number of aliphatic hydroxyl groups is 1. The van der Waals surface area contributed by atoms with Gasteiger partial charge in [0, 0.05) is 29.2 Å². The van der Waals surface area contributed by atoms with E-state index < -0.39 is 58.0 Å². The van der Waals surface area contributed by atoms with Crippen molar-refractivity contribution in [2.45, 2.75) is 29.8 Å². The Balaban J connectivity index is 1.91. The van der Waals surface area contributed by atoms with Gasteiger partial charge < -0.3 is 9.84 Å². The highest BCUT2D eigenvalue weighted by molar-refractivity contribution is 5.61. The van der Waals surface area contributed by atoms with Crippen LogP contribution < -0.4 is 4.74 Å². The summed E-state index contributed by atoms with van der Waals surface area (Å²) in [6.07, 6.45) is -1.48. The molecule has 1 unspecified atom stereocenters. The Bertz CT molecular complexity index is 1060. The number of benzene rings is 2. The zero-order valence-corrected chi connectivity index (χ0v) is 13.5. The van der Waals surface area contributed by atoms with Crippen molar-refractivity contribution in [1.29, 1.82) is 5.26 Å². The summed E-state index contributed by atoms with van der Waals surface area (Å²) in [4.78, 5) is 0. The molecule has 0 saturated carbocycles. The van der Waals surface area contributed by atoms with Gasteiger partial charge in [-0.15, -0.1) is 0 Å².